The SMILES string of the molecule is COc1ccc(C(NC(C)c2ccc(F)c(F)c2)c2cc(OC)c(OC)c([N+](=O)[O-])c2)cc1. The Labute approximate surface area is 190 Å². The van der Waals surface area contributed by atoms with E-state index in [0.717, 1.165) is 17.7 Å². The van der Waals surface area contributed by atoms with E-state index in [9.17, 15) is 18.9 Å². The van der Waals surface area contributed by atoms with E-state index < -0.39 is 28.6 Å². The largest absolute Gasteiger partial charge is 0.497 e. The van der Waals surface area contributed by atoms with Gasteiger partial charge in [-0.2, -0.15) is 0 Å². The molecule has 174 valence electrons. The minimum absolute atomic E-state index is 0.00776. The highest BCUT2D eigenvalue weighted by molar-refractivity contribution is 5.59. The molecule has 0 bridgehead atoms. The number of ether oxygens (including phenoxy) is 3. The number of nitrogens with one attached hydrogen (secondary N) is 1. The molecule has 0 aromatic heterocycles. The molecule has 0 saturated heterocycles. The number of nitro groups is 1. The molecule has 7 nitrogen and oxygen atoms in total. The summed E-state index contributed by atoms with van der Waals surface area (Å²) < 4.78 is 43.0. The van der Waals surface area contributed by atoms with Crippen LogP contribution in [0.2, 0.25) is 0 Å². The number of rotatable bonds is 9. The van der Waals surface area contributed by atoms with Gasteiger partial charge in [0.1, 0.15) is 5.75 Å². The summed E-state index contributed by atoms with van der Waals surface area (Å²) in [4.78, 5) is 11.2. The molecule has 33 heavy (non-hydrogen) atoms. The van der Waals surface area contributed by atoms with Crippen molar-refractivity contribution in [3.05, 3.63) is 93.0 Å². The third-order valence-electron chi connectivity index (χ3n) is 5.32. The fraction of sp³-hybridized carbons (Fsp3) is 0.250. The number of hydrogen-bond donors (Lipinski definition) is 1. The van der Waals surface area contributed by atoms with Crippen LogP contribution in [0.15, 0.2) is 54.6 Å². The molecule has 9 heteroatoms. The van der Waals surface area contributed by atoms with Crippen LogP contribution in [0.3, 0.4) is 0 Å². The highest BCUT2D eigenvalue weighted by Gasteiger charge is 2.26. The summed E-state index contributed by atoms with van der Waals surface area (Å²) in [6.07, 6.45) is 0. The van der Waals surface area contributed by atoms with Gasteiger partial charge in [0.2, 0.25) is 5.75 Å². The van der Waals surface area contributed by atoms with E-state index in [4.69, 9.17) is 14.2 Å². The molecule has 0 fully saturated rings. The summed E-state index contributed by atoms with van der Waals surface area (Å²) in [6, 6.07) is 12.9. The van der Waals surface area contributed by atoms with Crippen LogP contribution in [0.25, 0.3) is 0 Å². The van der Waals surface area contributed by atoms with Crippen molar-refractivity contribution >= 4 is 5.69 Å². The number of methoxy groups -OCH3 is 3. The summed E-state index contributed by atoms with van der Waals surface area (Å²) in [6.45, 7) is 1.79. The van der Waals surface area contributed by atoms with Gasteiger partial charge >= 0.3 is 5.69 Å². The normalized spacial score (nSPS) is 12.7. The van der Waals surface area contributed by atoms with Gasteiger partial charge in [-0.15, -0.1) is 0 Å². The molecule has 1 N–H and O–H groups in total. The summed E-state index contributed by atoms with van der Waals surface area (Å²) in [5.41, 5.74) is 1.56. The molecule has 0 aliphatic carbocycles. The van der Waals surface area contributed by atoms with Crippen LogP contribution in [0.5, 0.6) is 17.2 Å². The van der Waals surface area contributed by atoms with E-state index in [2.05, 4.69) is 5.32 Å². The number of halogens is 2. The second-order valence-corrected chi connectivity index (χ2v) is 7.30. The van der Waals surface area contributed by atoms with Gasteiger partial charge in [0.05, 0.1) is 32.3 Å². The molecule has 0 aliphatic rings. The second kappa shape index (κ2) is 10.3. The first-order valence-electron chi connectivity index (χ1n) is 10.0. The maximum Gasteiger partial charge on any atom is 0.315 e. The fourth-order valence-electron chi connectivity index (χ4n) is 3.58. The van der Waals surface area contributed by atoms with Gasteiger partial charge in [0, 0.05) is 12.1 Å². The van der Waals surface area contributed by atoms with Crippen molar-refractivity contribution in [2.24, 2.45) is 0 Å². The summed E-state index contributed by atoms with van der Waals surface area (Å²) in [7, 11) is 4.27. The first kappa shape index (κ1) is 23.9. The first-order chi connectivity index (χ1) is 15.8. The molecule has 2 atom stereocenters. The lowest BCUT2D eigenvalue weighted by molar-refractivity contribution is -0.385. The van der Waals surface area contributed by atoms with Crippen molar-refractivity contribution in [2.45, 2.75) is 19.0 Å². The Kier molecular flexibility index (Phi) is 7.44. The van der Waals surface area contributed by atoms with Gasteiger partial charge in [-0.3, -0.25) is 15.4 Å². The van der Waals surface area contributed by atoms with Crippen LogP contribution in [-0.2, 0) is 0 Å². The predicted octanol–water partition coefficient (Wildman–Crippen LogP) is 5.34. The van der Waals surface area contributed by atoms with E-state index in [0.29, 0.717) is 16.9 Å². The standard InChI is InChI=1S/C24H24F2N2O5/c1-14(16-7-10-19(25)20(26)11-16)27-23(15-5-8-18(31-2)9-6-15)17-12-21(28(29)30)24(33-4)22(13-17)32-3/h5-14,23,27H,1-4H3. The Morgan fingerprint density at radius 2 is 1.52 bits per heavy atom. The molecule has 2 unspecified atom stereocenters. The third-order valence-corrected chi connectivity index (χ3v) is 5.32. The summed E-state index contributed by atoms with van der Waals surface area (Å²) in [5, 5.41) is 15.1. The molecule has 3 aromatic carbocycles. The number of nitro benzene ring substituents is 1. The van der Waals surface area contributed by atoms with Crippen LogP contribution in [0, 0.1) is 21.7 Å². The molecular formula is C24H24F2N2O5. The summed E-state index contributed by atoms with van der Waals surface area (Å²) in [5.74, 6) is -1.04. The van der Waals surface area contributed by atoms with Crippen LogP contribution in [-0.4, -0.2) is 26.3 Å². The average molecular weight is 458 g/mol. The van der Waals surface area contributed by atoms with E-state index >= 15 is 0 Å². The van der Waals surface area contributed by atoms with Crippen molar-refractivity contribution in [1.29, 1.82) is 0 Å². The van der Waals surface area contributed by atoms with Crippen molar-refractivity contribution < 1.29 is 27.9 Å². The van der Waals surface area contributed by atoms with Crippen LogP contribution in [0.4, 0.5) is 14.5 Å². The van der Waals surface area contributed by atoms with Crippen molar-refractivity contribution in [2.75, 3.05) is 21.3 Å². The Bertz CT molecular complexity index is 1140. The van der Waals surface area contributed by atoms with Crippen LogP contribution in [0.1, 0.15) is 35.7 Å². The van der Waals surface area contributed by atoms with Gasteiger partial charge in [-0.05, 0) is 53.9 Å². The van der Waals surface area contributed by atoms with Crippen LogP contribution >= 0.6 is 0 Å². The monoisotopic (exact) mass is 458 g/mol. The fourth-order valence-corrected chi connectivity index (χ4v) is 3.58. The van der Waals surface area contributed by atoms with Gasteiger partial charge < -0.3 is 14.2 Å². The highest BCUT2D eigenvalue weighted by Crippen LogP contribution is 2.41. The quantitative estimate of drug-likeness (QED) is 0.344. The van der Waals surface area contributed by atoms with Gasteiger partial charge in [-0.1, -0.05) is 18.2 Å². The lowest BCUT2D eigenvalue weighted by Gasteiger charge is -2.25. The lowest BCUT2D eigenvalue weighted by Crippen LogP contribution is -2.26. The Morgan fingerprint density at radius 3 is 2.06 bits per heavy atom. The molecule has 0 spiro atoms. The van der Waals surface area contributed by atoms with E-state index in [1.54, 1.807) is 32.2 Å². The number of hydrogen-bond acceptors (Lipinski definition) is 6. The average Bonchev–Trinajstić information content (AvgIpc) is 2.83. The number of benzene rings is 3. The third kappa shape index (κ3) is 5.20. The van der Waals surface area contributed by atoms with Gasteiger partial charge in [-0.25, -0.2) is 8.78 Å². The molecule has 0 radical (unpaired) electrons. The smallest absolute Gasteiger partial charge is 0.315 e. The molecule has 0 heterocycles. The second-order valence-electron chi connectivity index (χ2n) is 7.30. The predicted molar refractivity (Wildman–Crippen MR) is 119 cm³/mol. The zero-order valence-corrected chi connectivity index (χ0v) is 18.6. The van der Waals surface area contributed by atoms with E-state index in [-0.39, 0.29) is 17.2 Å². The van der Waals surface area contributed by atoms with Gasteiger partial charge in [0.25, 0.3) is 0 Å². The highest BCUT2D eigenvalue weighted by atomic mass is 19.2. The van der Waals surface area contributed by atoms with Crippen molar-refractivity contribution in [1.82, 2.24) is 5.32 Å². The van der Waals surface area contributed by atoms with Crippen LogP contribution < -0.4 is 19.5 Å². The molecule has 3 rings (SSSR count). The van der Waals surface area contributed by atoms with E-state index in [1.165, 1.54) is 26.4 Å². The Morgan fingerprint density at radius 1 is 0.848 bits per heavy atom. The topological polar surface area (TPSA) is 82.9 Å². The molecule has 0 saturated carbocycles. The van der Waals surface area contributed by atoms with E-state index in [1.807, 2.05) is 12.1 Å². The molecule has 0 aliphatic heterocycles. The minimum Gasteiger partial charge on any atom is -0.497 e. The lowest BCUT2D eigenvalue weighted by atomic mass is 9.95. The first-order valence-corrected chi connectivity index (χ1v) is 10.0. The zero-order valence-electron chi connectivity index (χ0n) is 18.6. The van der Waals surface area contributed by atoms with Crippen molar-refractivity contribution in [3.8, 4) is 17.2 Å². The molecule has 0 amide bonds. The maximum absolute atomic E-state index is 13.8. The maximum atomic E-state index is 13.8. The number of nitrogens with zero attached hydrogens (tertiary/aromatic N) is 1. The molecule has 3 aromatic rings. The van der Waals surface area contributed by atoms with Crippen molar-refractivity contribution in [3.63, 3.8) is 0 Å². The Hall–Kier alpha value is -3.72. The minimum atomic E-state index is -0.955. The Balaban J connectivity index is 2.11. The summed E-state index contributed by atoms with van der Waals surface area (Å²) >= 11 is 0. The molecular weight excluding hydrogens is 434 g/mol. The van der Waals surface area contributed by atoms with Gasteiger partial charge in [0.15, 0.2) is 17.4 Å². The zero-order chi connectivity index (χ0) is 24.1.